The maximum absolute atomic E-state index is 12.3. The number of carbonyl (C=O) groups excluding carboxylic acids is 1. The summed E-state index contributed by atoms with van der Waals surface area (Å²) in [5, 5.41) is 0.592. The molecule has 29 heavy (non-hydrogen) atoms. The van der Waals surface area contributed by atoms with E-state index in [1.54, 1.807) is 0 Å². The Morgan fingerprint density at radius 3 is 2.62 bits per heavy atom. The molecular formula is C17H14Cl2LiO8P. The van der Waals surface area contributed by atoms with Crippen molar-refractivity contribution in [2.24, 2.45) is 0 Å². The van der Waals surface area contributed by atoms with E-state index in [0.717, 1.165) is 7.11 Å². The molecule has 0 radical (unpaired) electrons. The summed E-state index contributed by atoms with van der Waals surface area (Å²) < 4.78 is 37.6. The van der Waals surface area contributed by atoms with Crippen LogP contribution in [0.4, 0.5) is 0 Å². The molecule has 0 spiro atoms. The van der Waals surface area contributed by atoms with Gasteiger partial charge in [0.1, 0.15) is 5.75 Å². The first kappa shape index (κ1) is 23.9. The third-order valence-electron chi connectivity index (χ3n) is 3.71. The first-order chi connectivity index (χ1) is 13.3. The molecule has 2 atom stereocenters. The van der Waals surface area contributed by atoms with E-state index in [9.17, 15) is 14.3 Å². The minimum absolute atomic E-state index is 0. The summed E-state index contributed by atoms with van der Waals surface area (Å²) in [5.41, 5.74) is 0.141. The van der Waals surface area contributed by atoms with Crippen LogP contribution in [0.25, 0.3) is 0 Å². The van der Waals surface area contributed by atoms with Crippen LogP contribution >= 0.6 is 30.8 Å². The van der Waals surface area contributed by atoms with Gasteiger partial charge in [-0.2, -0.15) is 0 Å². The van der Waals surface area contributed by atoms with Gasteiger partial charge in [0.25, 0.3) is 0 Å². The third-order valence-corrected chi connectivity index (χ3v) is 5.72. The maximum atomic E-state index is 12.3. The molecule has 0 bridgehead atoms. The molecule has 0 aromatic heterocycles. The zero-order valence-corrected chi connectivity index (χ0v) is 17.8. The Morgan fingerprint density at radius 1 is 1.21 bits per heavy atom. The first-order valence-electron chi connectivity index (χ1n) is 7.83. The number of hydrogen-bond donors (Lipinski definition) is 0. The summed E-state index contributed by atoms with van der Waals surface area (Å²) in [5.74, 6) is -1.66. The molecule has 1 aliphatic heterocycles. The van der Waals surface area contributed by atoms with Gasteiger partial charge < -0.3 is 32.9 Å². The number of hydrogen-bond acceptors (Lipinski definition) is 8. The minimum Gasteiger partial charge on any atom is -0.776 e. The molecule has 1 aliphatic rings. The van der Waals surface area contributed by atoms with Crippen molar-refractivity contribution >= 4 is 36.8 Å². The van der Waals surface area contributed by atoms with Crippen LogP contribution in [0.2, 0.25) is 10.0 Å². The molecule has 12 heteroatoms. The molecule has 2 aromatic rings. The van der Waals surface area contributed by atoms with Gasteiger partial charge in [-0.15, -0.1) is 0 Å². The largest absolute Gasteiger partial charge is 1.00 e. The predicted molar refractivity (Wildman–Crippen MR) is 98.0 cm³/mol. The number of fused-ring (bicyclic) bond motifs is 1. The van der Waals surface area contributed by atoms with Gasteiger partial charge in [0.05, 0.1) is 5.02 Å². The van der Waals surface area contributed by atoms with E-state index in [-0.39, 0.29) is 42.0 Å². The fourth-order valence-electron chi connectivity index (χ4n) is 2.37. The number of esters is 1. The van der Waals surface area contributed by atoms with Crippen molar-refractivity contribution in [1.29, 1.82) is 0 Å². The SMILES string of the molecule is COP(=O)([O-])C(OC(=O)COc1ccc(Cl)cc1Cl)c1ccc2c(c1)OCO2.[Li+]. The average Bonchev–Trinajstić information content (AvgIpc) is 3.13. The Hall–Kier alpha value is -1.36. The molecule has 0 saturated heterocycles. The first-order valence-corrected chi connectivity index (χ1v) is 10.2. The van der Waals surface area contributed by atoms with Gasteiger partial charge in [0.2, 0.25) is 6.79 Å². The molecule has 0 saturated carbocycles. The van der Waals surface area contributed by atoms with Gasteiger partial charge in [-0.05, 0) is 30.3 Å². The average molecular weight is 455 g/mol. The topological polar surface area (TPSA) is 103 Å². The van der Waals surface area contributed by atoms with E-state index in [2.05, 4.69) is 4.52 Å². The molecule has 0 N–H and O–H groups in total. The Morgan fingerprint density at radius 2 is 1.93 bits per heavy atom. The van der Waals surface area contributed by atoms with Gasteiger partial charge >= 0.3 is 24.8 Å². The van der Waals surface area contributed by atoms with Gasteiger partial charge in [-0.3, -0.25) is 0 Å². The van der Waals surface area contributed by atoms with Crippen molar-refractivity contribution in [3.05, 3.63) is 52.0 Å². The van der Waals surface area contributed by atoms with E-state index in [4.69, 9.17) is 42.1 Å². The van der Waals surface area contributed by atoms with Crippen molar-refractivity contribution < 1.29 is 56.6 Å². The van der Waals surface area contributed by atoms with Gasteiger partial charge in [0.15, 0.2) is 31.5 Å². The monoisotopic (exact) mass is 454 g/mol. The Kier molecular flexibility index (Phi) is 8.33. The molecule has 2 unspecified atom stereocenters. The zero-order valence-electron chi connectivity index (χ0n) is 15.4. The minimum atomic E-state index is -4.58. The summed E-state index contributed by atoms with van der Waals surface area (Å²) in [6.07, 6.45) is 0. The van der Waals surface area contributed by atoms with Crippen LogP contribution in [0.5, 0.6) is 17.2 Å². The van der Waals surface area contributed by atoms with Crippen LogP contribution < -0.4 is 38.0 Å². The number of rotatable bonds is 7. The van der Waals surface area contributed by atoms with Crippen LogP contribution in [0.15, 0.2) is 36.4 Å². The normalized spacial score (nSPS) is 15.0. The van der Waals surface area contributed by atoms with E-state index in [1.807, 2.05) is 0 Å². The predicted octanol–water partition coefficient (Wildman–Crippen LogP) is 0.547. The fourth-order valence-corrected chi connectivity index (χ4v) is 3.79. The number of benzene rings is 2. The van der Waals surface area contributed by atoms with E-state index in [0.29, 0.717) is 16.5 Å². The molecule has 3 rings (SSSR count). The van der Waals surface area contributed by atoms with Gasteiger partial charge in [0, 0.05) is 17.7 Å². The molecule has 150 valence electrons. The van der Waals surface area contributed by atoms with Crippen LogP contribution in [0.1, 0.15) is 11.4 Å². The second-order valence-corrected chi connectivity index (χ2v) is 8.30. The van der Waals surface area contributed by atoms with Crippen LogP contribution in [-0.2, 0) is 18.6 Å². The Bertz CT molecular complexity index is 942. The standard InChI is InChI=1S/C17H15Cl2O8P.Li/c1-23-28(21,22)17(10-2-4-14-15(6-10)26-9-25-14)27-16(20)8-24-13-5-3-11(18)7-12(13)19;/h2-7,17H,8-9H2,1H3,(H,21,22);/q;+1/p-1. The molecule has 0 aliphatic carbocycles. The molecule has 8 nitrogen and oxygen atoms in total. The van der Waals surface area contributed by atoms with E-state index >= 15 is 0 Å². The van der Waals surface area contributed by atoms with Crippen molar-refractivity contribution in [2.45, 2.75) is 5.85 Å². The van der Waals surface area contributed by atoms with Crippen molar-refractivity contribution in [1.82, 2.24) is 0 Å². The van der Waals surface area contributed by atoms with Crippen molar-refractivity contribution in [3.8, 4) is 17.2 Å². The molecule has 0 fully saturated rings. The summed E-state index contributed by atoms with van der Waals surface area (Å²) in [7, 11) is -3.61. The maximum Gasteiger partial charge on any atom is 1.00 e. The number of halogens is 2. The van der Waals surface area contributed by atoms with Crippen LogP contribution in [0, 0.1) is 0 Å². The Labute approximate surface area is 188 Å². The van der Waals surface area contributed by atoms with Gasteiger partial charge in [-0.25, -0.2) is 4.79 Å². The molecule has 1 heterocycles. The van der Waals surface area contributed by atoms with E-state index in [1.165, 1.54) is 36.4 Å². The van der Waals surface area contributed by atoms with E-state index < -0.39 is 26.0 Å². The van der Waals surface area contributed by atoms with Crippen LogP contribution in [-0.4, -0.2) is 26.5 Å². The summed E-state index contributed by atoms with van der Waals surface area (Å²) in [4.78, 5) is 24.5. The molecule has 2 aromatic carbocycles. The molecule has 0 amide bonds. The number of ether oxygens (including phenoxy) is 4. The van der Waals surface area contributed by atoms with Crippen molar-refractivity contribution in [3.63, 3.8) is 0 Å². The third kappa shape index (κ3) is 5.84. The molecular weight excluding hydrogens is 441 g/mol. The number of carbonyl (C=O) groups is 1. The summed E-state index contributed by atoms with van der Waals surface area (Å²) in [6, 6.07) is 8.79. The quantitative estimate of drug-likeness (QED) is 0.339. The van der Waals surface area contributed by atoms with Crippen LogP contribution in [0.3, 0.4) is 0 Å². The zero-order chi connectivity index (χ0) is 20.3. The van der Waals surface area contributed by atoms with Crippen molar-refractivity contribution in [2.75, 3.05) is 20.5 Å². The Balaban J connectivity index is 0.00000300. The smallest absolute Gasteiger partial charge is 0.776 e. The summed E-state index contributed by atoms with van der Waals surface area (Å²) in [6.45, 7) is -0.565. The second-order valence-electron chi connectivity index (χ2n) is 5.54. The fraction of sp³-hybridized carbons (Fsp3) is 0.235. The van der Waals surface area contributed by atoms with Gasteiger partial charge in [-0.1, -0.05) is 29.3 Å². The second kappa shape index (κ2) is 10.1. The summed E-state index contributed by atoms with van der Waals surface area (Å²) >= 11 is 11.8.